The fourth-order valence-corrected chi connectivity index (χ4v) is 3.78. The number of likely N-dealkylation sites (tertiary alicyclic amines) is 1. The van der Waals surface area contributed by atoms with Crippen LogP contribution in [0.5, 0.6) is 0 Å². The molecule has 2 aromatic rings. The molecule has 0 radical (unpaired) electrons. The van der Waals surface area contributed by atoms with Gasteiger partial charge in [-0.1, -0.05) is 23.8 Å². The third-order valence-electron chi connectivity index (χ3n) is 5.76. The van der Waals surface area contributed by atoms with E-state index < -0.39 is 12.1 Å². The van der Waals surface area contributed by atoms with Crippen LogP contribution >= 0.6 is 0 Å². The lowest BCUT2D eigenvalue weighted by Gasteiger charge is -2.32. The van der Waals surface area contributed by atoms with Crippen LogP contribution in [0.2, 0.25) is 0 Å². The lowest BCUT2D eigenvalue weighted by atomic mass is 10.0. The van der Waals surface area contributed by atoms with E-state index in [0.717, 1.165) is 37.2 Å². The molecule has 2 aliphatic heterocycles. The average Bonchev–Trinajstić information content (AvgIpc) is 3.27. The number of hydrogen-bond acceptors (Lipinski definition) is 4. The molecule has 4 N–H and O–H groups in total. The van der Waals surface area contributed by atoms with Crippen molar-refractivity contribution in [1.29, 1.82) is 0 Å². The maximum absolute atomic E-state index is 12.6. The van der Waals surface area contributed by atoms with Crippen molar-refractivity contribution >= 4 is 23.6 Å². The molecule has 3 amide bonds. The van der Waals surface area contributed by atoms with Crippen molar-refractivity contribution in [2.75, 3.05) is 18.4 Å². The van der Waals surface area contributed by atoms with E-state index >= 15 is 0 Å². The maximum atomic E-state index is 12.6. The zero-order valence-corrected chi connectivity index (χ0v) is 19.1. The molecule has 0 spiro atoms. The van der Waals surface area contributed by atoms with E-state index in [1.54, 1.807) is 0 Å². The van der Waals surface area contributed by atoms with Crippen LogP contribution in [-0.2, 0) is 17.9 Å². The summed E-state index contributed by atoms with van der Waals surface area (Å²) in [5, 5.41) is 16.5. The highest BCUT2D eigenvalue weighted by Gasteiger charge is 2.38. The van der Waals surface area contributed by atoms with Crippen LogP contribution in [0.1, 0.15) is 39.9 Å². The molecular formula is C24H27F3N4O4. The van der Waals surface area contributed by atoms with Crippen LogP contribution in [0, 0.1) is 6.92 Å². The van der Waals surface area contributed by atoms with Gasteiger partial charge in [0.05, 0.1) is 0 Å². The number of halogens is 3. The Labute approximate surface area is 200 Å². The number of carboxylic acid groups (broad SMARTS) is 1. The molecule has 0 aromatic heterocycles. The number of carbonyl (C=O) groups excluding carboxylic acids is 2. The van der Waals surface area contributed by atoms with Gasteiger partial charge in [0.25, 0.3) is 5.91 Å². The Kier molecular flexibility index (Phi) is 8.34. The molecule has 0 bridgehead atoms. The van der Waals surface area contributed by atoms with Gasteiger partial charge in [0.2, 0.25) is 0 Å². The second kappa shape index (κ2) is 11.2. The quantitative estimate of drug-likeness (QED) is 0.523. The van der Waals surface area contributed by atoms with Gasteiger partial charge < -0.3 is 26.0 Å². The molecular weight excluding hydrogens is 465 g/mol. The minimum atomic E-state index is -5.08. The minimum absolute atomic E-state index is 0.0466. The second-order valence-corrected chi connectivity index (χ2v) is 8.42. The molecule has 2 aromatic carbocycles. The Balaban J connectivity index is 0.000000429. The van der Waals surface area contributed by atoms with Crippen molar-refractivity contribution in [3.8, 4) is 0 Å². The summed E-state index contributed by atoms with van der Waals surface area (Å²) in [7, 11) is 0. The number of fused-ring (bicyclic) bond motifs is 1. The number of amides is 3. The minimum Gasteiger partial charge on any atom is -0.475 e. The van der Waals surface area contributed by atoms with E-state index in [0.29, 0.717) is 18.7 Å². The standard InChI is InChI=1S/C22H26N4O2.C2HF3O2/c1-15-2-4-16(5-3-15)21(27)24-19-8-10-26(11-9-19)22(28)25-20-7-6-17-13-23-14-18(17)12-20;3-2(4,5)1(6)7/h2-7,12,19,23H,8-11,13-14H2,1H3,(H,24,27)(H,25,28);(H,6,7). The lowest BCUT2D eigenvalue weighted by Crippen LogP contribution is -2.47. The largest absolute Gasteiger partial charge is 0.490 e. The Bertz CT molecular complexity index is 1070. The van der Waals surface area contributed by atoms with Crippen molar-refractivity contribution in [3.63, 3.8) is 0 Å². The Hall–Kier alpha value is -3.60. The Morgan fingerprint density at radius 1 is 1.00 bits per heavy atom. The first-order valence-corrected chi connectivity index (χ1v) is 11.1. The second-order valence-electron chi connectivity index (χ2n) is 8.42. The first kappa shape index (κ1) is 26.0. The lowest BCUT2D eigenvalue weighted by molar-refractivity contribution is -0.192. The van der Waals surface area contributed by atoms with Gasteiger partial charge in [0, 0.05) is 43.5 Å². The van der Waals surface area contributed by atoms with Crippen LogP contribution in [-0.4, -0.2) is 53.2 Å². The molecule has 8 nitrogen and oxygen atoms in total. The van der Waals surface area contributed by atoms with Crippen molar-refractivity contribution < 1.29 is 32.7 Å². The summed E-state index contributed by atoms with van der Waals surface area (Å²) in [6.07, 6.45) is -3.56. The van der Waals surface area contributed by atoms with E-state index in [9.17, 15) is 22.8 Å². The summed E-state index contributed by atoms with van der Waals surface area (Å²) in [5.41, 5.74) is 5.19. The molecule has 35 heavy (non-hydrogen) atoms. The number of rotatable bonds is 3. The molecule has 0 saturated carbocycles. The summed E-state index contributed by atoms with van der Waals surface area (Å²) in [6, 6.07) is 13.7. The third kappa shape index (κ3) is 7.44. The zero-order valence-electron chi connectivity index (χ0n) is 19.1. The number of urea groups is 1. The molecule has 0 atom stereocenters. The van der Waals surface area contributed by atoms with Gasteiger partial charge >= 0.3 is 18.2 Å². The number of aliphatic carboxylic acids is 1. The summed E-state index contributed by atoms with van der Waals surface area (Å²) >= 11 is 0. The van der Waals surface area contributed by atoms with Crippen molar-refractivity contribution in [3.05, 3.63) is 64.7 Å². The van der Waals surface area contributed by atoms with Crippen molar-refractivity contribution in [2.45, 2.75) is 45.1 Å². The van der Waals surface area contributed by atoms with Crippen LogP contribution in [0.25, 0.3) is 0 Å². The highest BCUT2D eigenvalue weighted by molar-refractivity contribution is 5.94. The van der Waals surface area contributed by atoms with Gasteiger partial charge in [-0.15, -0.1) is 0 Å². The number of carboxylic acids is 1. The van der Waals surface area contributed by atoms with Crippen LogP contribution in [0.4, 0.5) is 23.7 Å². The number of benzene rings is 2. The van der Waals surface area contributed by atoms with Gasteiger partial charge in [-0.2, -0.15) is 13.2 Å². The van der Waals surface area contributed by atoms with Gasteiger partial charge in [-0.3, -0.25) is 4.79 Å². The van der Waals surface area contributed by atoms with Gasteiger partial charge in [-0.05, 0) is 55.2 Å². The number of anilines is 1. The number of piperidine rings is 1. The number of carbonyl (C=O) groups is 3. The average molecular weight is 492 g/mol. The Morgan fingerprint density at radius 3 is 2.20 bits per heavy atom. The monoisotopic (exact) mass is 492 g/mol. The fourth-order valence-electron chi connectivity index (χ4n) is 3.78. The van der Waals surface area contributed by atoms with E-state index in [1.807, 2.05) is 48.2 Å². The molecule has 4 rings (SSSR count). The molecule has 2 heterocycles. The SMILES string of the molecule is Cc1ccc(C(=O)NC2CCN(C(=O)Nc3ccc4c(c3)CNC4)CC2)cc1.O=C(O)C(F)(F)F. The van der Waals surface area contributed by atoms with Crippen LogP contribution < -0.4 is 16.0 Å². The van der Waals surface area contributed by atoms with E-state index in [-0.39, 0.29) is 18.0 Å². The smallest absolute Gasteiger partial charge is 0.475 e. The van der Waals surface area contributed by atoms with E-state index in [4.69, 9.17) is 9.90 Å². The Morgan fingerprint density at radius 2 is 1.60 bits per heavy atom. The van der Waals surface area contributed by atoms with E-state index in [1.165, 1.54) is 11.1 Å². The van der Waals surface area contributed by atoms with Crippen molar-refractivity contribution in [1.82, 2.24) is 15.5 Å². The molecule has 1 fully saturated rings. The predicted molar refractivity (Wildman–Crippen MR) is 123 cm³/mol. The highest BCUT2D eigenvalue weighted by atomic mass is 19.4. The maximum Gasteiger partial charge on any atom is 0.490 e. The van der Waals surface area contributed by atoms with Gasteiger partial charge in [-0.25, -0.2) is 9.59 Å². The number of hydrogen-bond donors (Lipinski definition) is 4. The van der Waals surface area contributed by atoms with Crippen LogP contribution in [0.3, 0.4) is 0 Å². The molecule has 0 aliphatic carbocycles. The van der Waals surface area contributed by atoms with Crippen molar-refractivity contribution in [2.24, 2.45) is 0 Å². The predicted octanol–water partition coefficient (Wildman–Crippen LogP) is 3.66. The molecule has 11 heteroatoms. The fraction of sp³-hybridized carbons (Fsp3) is 0.375. The highest BCUT2D eigenvalue weighted by Crippen LogP contribution is 2.21. The van der Waals surface area contributed by atoms with E-state index in [2.05, 4.69) is 22.0 Å². The molecule has 188 valence electrons. The number of alkyl halides is 3. The topological polar surface area (TPSA) is 111 Å². The number of nitrogens with one attached hydrogen (secondary N) is 3. The van der Waals surface area contributed by atoms with Gasteiger partial charge in [0.15, 0.2) is 0 Å². The number of aryl methyl sites for hydroxylation is 1. The first-order valence-electron chi connectivity index (χ1n) is 11.1. The summed E-state index contributed by atoms with van der Waals surface area (Å²) in [4.78, 5) is 35.6. The van der Waals surface area contributed by atoms with Crippen LogP contribution in [0.15, 0.2) is 42.5 Å². The normalized spacial score (nSPS) is 15.5. The summed E-state index contributed by atoms with van der Waals surface area (Å²) in [6.45, 7) is 5.02. The molecule has 0 unspecified atom stereocenters. The summed E-state index contributed by atoms with van der Waals surface area (Å²) in [5.74, 6) is -2.80. The van der Waals surface area contributed by atoms with Gasteiger partial charge in [0.1, 0.15) is 0 Å². The number of nitrogens with zero attached hydrogens (tertiary/aromatic N) is 1. The molecule has 1 saturated heterocycles. The molecule has 2 aliphatic rings. The summed E-state index contributed by atoms with van der Waals surface area (Å²) < 4.78 is 31.7. The zero-order chi connectivity index (χ0) is 25.6. The first-order chi connectivity index (χ1) is 16.5. The third-order valence-corrected chi connectivity index (χ3v) is 5.76.